The van der Waals surface area contributed by atoms with Crippen molar-refractivity contribution in [2.24, 2.45) is 0 Å². The van der Waals surface area contributed by atoms with Crippen LogP contribution in [-0.2, 0) is 0 Å². The first-order chi connectivity index (χ1) is 10.2. The molecule has 1 unspecified atom stereocenters. The number of aliphatic hydroxyl groups is 1. The van der Waals surface area contributed by atoms with Gasteiger partial charge in [0.2, 0.25) is 0 Å². The number of thioether (sulfide) groups is 1. The van der Waals surface area contributed by atoms with Gasteiger partial charge in [-0.25, -0.2) is 4.39 Å². The van der Waals surface area contributed by atoms with Crippen molar-refractivity contribution in [3.05, 3.63) is 54.3 Å². The summed E-state index contributed by atoms with van der Waals surface area (Å²) < 4.78 is 18.6. The van der Waals surface area contributed by atoms with E-state index in [4.69, 9.17) is 4.74 Å². The lowest BCUT2D eigenvalue weighted by atomic mass is 10.3. The monoisotopic (exact) mass is 307 g/mol. The van der Waals surface area contributed by atoms with E-state index in [1.54, 1.807) is 23.9 Å². The Kier molecular flexibility index (Phi) is 5.90. The number of ether oxygens (including phenoxy) is 1. The van der Waals surface area contributed by atoms with Gasteiger partial charge < -0.3 is 15.2 Å². The summed E-state index contributed by atoms with van der Waals surface area (Å²) in [6, 6.07) is 14.1. The molecule has 0 aliphatic heterocycles. The summed E-state index contributed by atoms with van der Waals surface area (Å²) in [5, 5.41) is 13.0. The van der Waals surface area contributed by atoms with Gasteiger partial charge in [0.25, 0.3) is 0 Å². The second-order valence-electron chi connectivity index (χ2n) is 4.50. The minimum atomic E-state index is -0.718. The number of anilines is 1. The minimum absolute atomic E-state index is 0.0385. The van der Waals surface area contributed by atoms with Crippen LogP contribution in [0.3, 0.4) is 0 Å². The second kappa shape index (κ2) is 7.90. The van der Waals surface area contributed by atoms with Crippen LogP contribution in [0, 0.1) is 5.82 Å². The highest BCUT2D eigenvalue weighted by atomic mass is 32.2. The zero-order valence-corrected chi connectivity index (χ0v) is 12.6. The standard InChI is InChI=1S/C16H18FNO2S/c1-21-14-8-6-12(7-9-14)18-10-13(19)11-20-16-5-3-2-4-15(16)17/h2-9,13,18-19H,10-11H2,1H3. The largest absolute Gasteiger partial charge is 0.488 e. The Morgan fingerprint density at radius 1 is 1.19 bits per heavy atom. The number of hydrogen-bond donors (Lipinski definition) is 2. The zero-order chi connectivity index (χ0) is 15.1. The van der Waals surface area contributed by atoms with E-state index in [-0.39, 0.29) is 12.4 Å². The van der Waals surface area contributed by atoms with Crippen molar-refractivity contribution in [2.45, 2.75) is 11.0 Å². The van der Waals surface area contributed by atoms with Crippen molar-refractivity contribution in [1.82, 2.24) is 0 Å². The molecule has 0 aliphatic carbocycles. The average Bonchev–Trinajstić information content (AvgIpc) is 2.52. The van der Waals surface area contributed by atoms with E-state index in [0.717, 1.165) is 5.69 Å². The Hall–Kier alpha value is -1.72. The van der Waals surface area contributed by atoms with Gasteiger partial charge in [-0.1, -0.05) is 12.1 Å². The van der Waals surface area contributed by atoms with Gasteiger partial charge >= 0.3 is 0 Å². The summed E-state index contributed by atoms with van der Waals surface area (Å²) >= 11 is 1.68. The maximum absolute atomic E-state index is 13.3. The third-order valence-electron chi connectivity index (χ3n) is 2.90. The molecule has 1 atom stereocenters. The van der Waals surface area contributed by atoms with E-state index in [0.29, 0.717) is 6.54 Å². The maximum atomic E-state index is 13.3. The molecule has 0 bridgehead atoms. The lowest BCUT2D eigenvalue weighted by Crippen LogP contribution is -2.26. The Morgan fingerprint density at radius 3 is 2.57 bits per heavy atom. The van der Waals surface area contributed by atoms with Crippen LogP contribution in [0.2, 0.25) is 0 Å². The van der Waals surface area contributed by atoms with E-state index in [9.17, 15) is 9.50 Å². The molecular weight excluding hydrogens is 289 g/mol. The third kappa shape index (κ3) is 4.95. The highest BCUT2D eigenvalue weighted by Crippen LogP contribution is 2.18. The highest BCUT2D eigenvalue weighted by Gasteiger charge is 2.07. The van der Waals surface area contributed by atoms with Crippen LogP contribution >= 0.6 is 11.8 Å². The molecule has 0 saturated carbocycles. The molecule has 21 heavy (non-hydrogen) atoms. The number of nitrogens with one attached hydrogen (secondary N) is 1. The van der Waals surface area contributed by atoms with E-state index in [1.165, 1.54) is 17.0 Å². The molecule has 112 valence electrons. The van der Waals surface area contributed by atoms with Crippen molar-refractivity contribution in [1.29, 1.82) is 0 Å². The smallest absolute Gasteiger partial charge is 0.165 e. The second-order valence-corrected chi connectivity index (χ2v) is 5.38. The first-order valence-electron chi connectivity index (χ1n) is 6.62. The van der Waals surface area contributed by atoms with Gasteiger partial charge in [-0.15, -0.1) is 11.8 Å². The summed E-state index contributed by atoms with van der Waals surface area (Å²) in [5.41, 5.74) is 0.928. The van der Waals surface area contributed by atoms with Gasteiger partial charge in [0.1, 0.15) is 12.7 Å². The van der Waals surface area contributed by atoms with Gasteiger partial charge in [0, 0.05) is 17.1 Å². The Labute approximate surface area is 128 Å². The summed E-state index contributed by atoms with van der Waals surface area (Å²) in [7, 11) is 0. The molecule has 0 heterocycles. The quantitative estimate of drug-likeness (QED) is 0.769. The fourth-order valence-electron chi connectivity index (χ4n) is 1.75. The molecule has 0 aliphatic rings. The van der Waals surface area contributed by atoms with Crippen molar-refractivity contribution < 1.29 is 14.2 Å². The summed E-state index contributed by atoms with van der Waals surface area (Å²) in [6.45, 7) is 0.379. The molecule has 5 heteroatoms. The van der Waals surface area contributed by atoms with Crippen molar-refractivity contribution >= 4 is 17.4 Å². The van der Waals surface area contributed by atoms with Crippen LogP contribution in [-0.4, -0.2) is 30.6 Å². The number of hydrogen-bond acceptors (Lipinski definition) is 4. The van der Waals surface area contributed by atoms with Crippen molar-refractivity contribution in [2.75, 3.05) is 24.7 Å². The maximum Gasteiger partial charge on any atom is 0.165 e. The third-order valence-corrected chi connectivity index (χ3v) is 3.64. The number of aliphatic hydroxyl groups excluding tert-OH is 1. The van der Waals surface area contributed by atoms with Gasteiger partial charge in [0.15, 0.2) is 11.6 Å². The molecule has 0 aromatic heterocycles. The number of rotatable bonds is 7. The van der Waals surface area contributed by atoms with E-state index < -0.39 is 11.9 Å². The van der Waals surface area contributed by atoms with Crippen molar-refractivity contribution in [3.8, 4) is 5.75 Å². The molecule has 0 amide bonds. The van der Waals surface area contributed by atoms with Crippen LogP contribution in [0.15, 0.2) is 53.4 Å². The van der Waals surface area contributed by atoms with Gasteiger partial charge in [0.05, 0.1) is 0 Å². The molecule has 0 fully saturated rings. The Balaban J connectivity index is 1.76. The van der Waals surface area contributed by atoms with E-state index in [1.807, 2.05) is 30.5 Å². The average molecular weight is 307 g/mol. The molecule has 0 spiro atoms. The molecule has 2 N–H and O–H groups in total. The SMILES string of the molecule is CSc1ccc(NCC(O)COc2ccccc2F)cc1. The van der Waals surface area contributed by atoms with Crippen LogP contribution in [0.1, 0.15) is 0 Å². The fraction of sp³-hybridized carbons (Fsp3) is 0.250. The Morgan fingerprint density at radius 2 is 1.90 bits per heavy atom. The van der Waals surface area contributed by atoms with Crippen molar-refractivity contribution in [3.63, 3.8) is 0 Å². The topological polar surface area (TPSA) is 41.5 Å². The van der Waals surface area contributed by atoms with Gasteiger partial charge in [-0.05, 0) is 42.7 Å². The number of para-hydroxylation sites is 1. The summed E-state index contributed by atoms with van der Waals surface area (Å²) in [5.74, 6) is -0.272. The zero-order valence-electron chi connectivity index (χ0n) is 11.8. The van der Waals surface area contributed by atoms with Gasteiger partial charge in [-0.3, -0.25) is 0 Å². The van der Waals surface area contributed by atoms with Crippen LogP contribution < -0.4 is 10.1 Å². The predicted molar refractivity (Wildman–Crippen MR) is 84.6 cm³/mol. The van der Waals surface area contributed by atoms with Crippen LogP contribution in [0.4, 0.5) is 10.1 Å². The Bertz CT molecular complexity index is 562. The fourth-order valence-corrected chi connectivity index (χ4v) is 2.16. The lowest BCUT2D eigenvalue weighted by Gasteiger charge is -2.14. The molecule has 2 rings (SSSR count). The van der Waals surface area contributed by atoms with Crippen LogP contribution in [0.25, 0.3) is 0 Å². The minimum Gasteiger partial charge on any atom is -0.488 e. The lowest BCUT2D eigenvalue weighted by molar-refractivity contribution is 0.115. The first-order valence-corrected chi connectivity index (χ1v) is 7.85. The number of benzene rings is 2. The molecule has 0 saturated heterocycles. The highest BCUT2D eigenvalue weighted by molar-refractivity contribution is 7.98. The molecule has 3 nitrogen and oxygen atoms in total. The first kappa shape index (κ1) is 15.7. The predicted octanol–water partition coefficient (Wildman–Crippen LogP) is 3.40. The molecular formula is C16H18FNO2S. The number of halogens is 1. The molecule has 2 aromatic carbocycles. The normalized spacial score (nSPS) is 12.0. The summed E-state index contributed by atoms with van der Waals surface area (Å²) in [4.78, 5) is 1.18. The molecule has 0 radical (unpaired) electrons. The van der Waals surface area contributed by atoms with E-state index >= 15 is 0 Å². The van der Waals surface area contributed by atoms with E-state index in [2.05, 4.69) is 5.32 Å². The molecule has 2 aromatic rings. The van der Waals surface area contributed by atoms with Gasteiger partial charge in [-0.2, -0.15) is 0 Å². The van der Waals surface area contributed by atoms with Crippen LogP contribution in [0.5, 0.6) is 5.75 Å². The summed E-state index contributed by atoms with van der Waals surface area (Å²) in [6.07, 6.45) is 1.30.